The zero-order valence-electron chi connectivity index (χ0n) is 6.01. The summed E-state index contributed by atoms with van der Waals surface area (Å²) in [5.41, 5.74) is 5.43. The number of nitriles is 1. The van der Waals surface area contributed by atoms with Crippen LogP contribution in [0.15, 0.2) is 0 Å². The lowest BCUT2D eigenvalue weighted by Crippen LogP contribution is -2.55. The van der Waals surface area contributed by atoms with Gasteiger partial charge in [-0.05, 0) is 37.5 Å². The molecule has 2 nitrogen and oxygen atoms in total. The Bertz CT molecular complexity index is 185. The molecule has 0 aromatic rings. The van der Waals surface area contributed by atoms with Crippen LogP contribution in [-0.2, 0) is 0 Å². The van der Waals surface area contributed by atoms with Crippen LogP contribution >= 0.6 is 0 Å². The molecule has 54 valence electrons. The first-order chi connectivity index (χ1) is 4.74. The fourth-order valence-corrected chi connectivity index (χ4v) is 2.19. The van der Waals surface area contributed by atoms with Gasteiger partial charge in [-0.3, -0.25) is 0 Å². The van der Waals surface area contributed by atoms with Gasteiger partial charge in [-0.25, -0.2) is 0 Å². The van der Waals surface area contributed by atoms with Crippen LogP contribution in [0.25, 0.3) is 0 Å². The summed E-state index contributed by atoms with van der Waals surface area (Å²) in [5.74, 6) is 1.44. The maximum atomic E-state index is 8.77. The smallest absolute Gasteiger partial charge is 0.107 e. The number of fused-ring (bicyclic) bond motifs is 2. The minimum Gasteiger partial charge on any atom is -0.313 e. The van der Waals surface area contributed by atoms with E-state index in [0.717, 1.165) is 12.3 Å². The molecule has 3 fully saturated rings. The van der Waals surface area contributed by atoms with Gasteiger partial charge in [0.15, 0.2) is 0 Å². The molecule has 0 heterocycles. The Labute approximate surface area is 61.0 Å². The predicted octanol–water partition coefficient (Wildman–Crippen LogP) is 1.03. The normalized spacial score (nSPS) is 51.2. The highest BCUT2D eigenvalue weighted by molar-refractivity contribution is 5.15. The van der Waals surface area contributed by atoms with E-state index < -0.39 is 5.54 Å². The molecule has 0 amide bonds. The quantitative estimate of drug-likeness (QED) is 0.540. The van der Waals surface area contributed by atoms with Crippen LogP contribution in [0, 0.1) is 23.2 Å². The summed E-state index contributed by atoms with van der Waals surface area (Å²) in [5, 5.41) is 8.77. The van der Waals surface area contributed by atoms with Crippen LogP contribution in [0.5, 0.6) is 0 Å². The first-order valence-electron chi connectivity index (χ1n) is 3.95. The number of hydrogen-bond acceptors (Lipinski definition) is 2. The van der Waals surface area contributed by atoms with Gasteiger partial charge in [-0.2, -0.15) is 5.26 Å². The summed E-state index contributed by atoms with van der Waals surface area (Å²) in [6.45, 7) is 0. The van der Waals surface area contributed by atoms with Crippen molar-refractivity contribution < 1.29 is 0 Å². The maximum absolute atomic E-state index is 8.77. The van der Waals surface area contributed by atoms with Crippen molar-refractivity contribution in [3.05, 3.63) is 0 Å². The van der Waals surface area contributed by atoms with E-state index in [4.69, 9.17) is 11.0 Å². The van der Waals surface area contributed by atoms with Crippen LogP contribution in [0.4, 0.5) is 0 Å². The van der Waals surface area contributed by atoms with Crippen molar-refractivity contribution >= 4 is 0 Å². The topological polar surface area (TPSA) is 49.8 Å². The van der Waals surface area contributed by atoms with E-state index in [-0.39, 0.29) is 0 Å². The second-order valence-electron chi connectivity index (χ2n) is 3.73. The third-order valence-electron chi connectivity index (χ3n) is 3.14. The molecule has 0 aromatic carbocycles. The lowest BCUT2D eigenvalue weighted by Gasteiger charge is -2.49. The van der Waals surface area contributed by atoms with Gasteiger partial charge in [0.05, 0.1) is 6.07 Å². The minimum atomic E-state index is -0.450. The molecule has 0 aliphatic heterocycles. The molecule has 1 atom stereocenters. The fraction of sp³-hybridized carbons (Fsp3) is 0.875. The molecule has 0 radical (unpaired) electrons. The highest BCUT2D eigenvalue weighted by atomic mass is 14.8. The molecule has 0 saturated heterocycles. The maximum Gasteiger partial charge on any atom is 0.107 e. The van der Waals surface area contributed by atoms with Crippen molar-refractivity contribution in [1.82, 2.24) is 0 Å². The molecule has 3 rings (SSSR count). The Kier molecular flexibility index (Phi) is 1.07. The Balaban J connectivity index is 2.16. The summed E-state index contributed by atoms with van der Waals surface area (Å²) in [6.07, 6.45) is 4.54. The lowest BCUT2D eigenvalue weighted by molar-refractivity contribution is 0.0568. The summed E-state index contributed by atoms with van der Waals surface area (Å²) in [4.78, 5) is 0. The zero-order chi connectivity index (χ0) is 7.19. The molecular formula is C8H12N2. The van der Waals surface area contributed by atoms with E-state index in [1.165, 1.54) is 19.3 Å². The molecule has 2 N–H and O–H groups in total. The van der Waals surface area contributed by atoms with E-state index in [2.05, 4.69) is 6.07 Å². The second-order valence-corrected chi connectivity index (χ2v) is 3.73. The highest BCUT2D eigenvalue weighted by Crippen LogP contribution is 2.49. The Morgan fingerprint density at radius 1 is 1.50 bits per heavy atom. The molecule has 3 aliphatic rings. The molecule has 0 spiro atoms. The van der Waals surface area contributed by atoms with Crippen molar-refractivity contribution in [2.45, 2.75) is 31.2 Å². The molecule has 3 aliphatic carbocycles. The summed E-state index contributed by atoms with van der Waals surface area (Å²) in [6, 6.07) is 2.25. The number of nitrogens with two attached hydrogens (primary N) is 1. The monoisotopic (exact) mass is 136 g/mol. The standard InChI is InChI=1S/C8H12N2/c9-5-8(10)2-1-6-3-7(8)4-6/h6-7H,1-4,10H2/t6?,7?,8-/m1/s1. The molecule has 0 aromatic heterocycles. The van der Waals surface area contributed by atoms with Crippen LogP contribution in [0.2, 0.25) is 0 Å². The summed E-state index contributed by atoms with van der Waals surface area (Å²) >= 11 is 0. The van der Waals surface area contributed by atoms with Gasteiger partial charge in [0.2, 0.25) is 0 Å². The van der Waals surface area contributed by atoms with Crippen molar-refractivity contribution in [3.63, 3.8) is 0 Å². The zero-order valence-corrected chi connectivity index (χ0v) is 6.01. The van der Waals surface area contributed by atoms with Gasteiger partial charge < -0.3 is 5.73 Å². The van der Waals surface area contributed by atoms with Crippen molar-refractivity contribution in [2.75, 3.05) is 0 Å². The van der Waals surface area contributed by atoms with Gasteiger partial charge in [-0.15, -0.1) is 0 Å². The molecule has 2 heteroatoms. The first-order valence-corrected chi connectivity index (χ1v) is 3.95. The van der Waals surface area contributed by atoms with Gasteiger partial charge in [0, 0.05) is 0 Å². The van der Waals surface area contributed by atoms with Crippen LogP contribution in [-0.4, -0.2) is 5.54 Å². The molecule has 2 bridgehead atoms. The molecular weight excluding hydrogens is 124 g/mol. The molecule has 0 unspecified atom stereocenters. The lowest BCUT2D eigenvalue weighted by atomic mass is 9.57. The summed E-state index contributed by atoms with van der Waals surface area (Å²) < 4.78 is 0. The summed E-state index contributed by atoms with van der Waals surface area (Å²) in [7, 11) is 0. The van der Waals surface area contributed by atoms with Gasteiger partial charge in [0.25, 0.3) is 0 Å². The Morgan fingerprint density at radius 3 is 2.50 bits per heavy atom. The van der Waals surface area contributed by atoms with Gasteiger partial charge >= 0.3 is 0 Å². The van der Waals surface area contributed by atoms with Crippen LogP contribution in [0.3, 0.4) is 0 Å². The Hall–Kier alpha value is -0.550. The van der Waals surface area contributed by atoms with E-state index in [9.17, 15) is 0 Å². The van der Waals surface area contributed by atoms with Crippen LogP contribution in [0.1, 0.15) is 25.7 Å². The number of hydrogen-bond donors (Lipinski definition) is 1. The van der Waals surface area contributed by atoms with E-state index in [1.54, 1.807) is 0 Å². The van der Waals surface area contributed by atoms with E-state index >= 15 is 0 Å². The average Bonchev–Trinajstić information content (AvgIpc) is 1.86. The fourth-order valence-electron chi connectivity index (χ4n) is 2.19. The third kappa shape index (κ3) is 0.615. The largest absolute Gasteiger partial charge is 0.313 e. The van der Waals surface area contributed by atoms with Gasteiger partial charge in [0.1, 0.15) is 5.54 Å². The van der Waals surface area contributed by atoms with Crippen LogP contribution < -0.4 is 5.73 Å². The average molecular weight is 136 g/mol. The van der Waals surface area contributed by atoms with E-state index in [0.29, 0.717) is 5.92 Å². The highest BCUT2D eigenvalue weighted by Gasteiger charge is 2.48. The predicted molar refractivity (Wildman–Crippen MR) is 38.0 cm³/mol. The second kappa shape index (κ2) is 1.73. The van der Waals surface area contributed by atoms with E-state index in [1.807, 2.05) is 0 Å². The van der Waals surface area contributed by atoms with Crippen molar-refractivity contribution in [2.24, 2.45) is 17.6 Å². The SMILES string of the molecule is N#C[C@]1(N)CCC2CC1C2. The minimum absolute atomic E-state index is 0.450. The number of nitrogens with zero attached hydrogens (tertiary/aromatic N) is 1. The third-order valence-corrected chi connectivity index (χ3v) is 3.14. The molecule has 3 saturated carbocycles. The van der Waals surface area contributed by atoms with Crippen molar-refractivity contribution in [3.8, 4) is 6.07 Å². The Morgan fingerprint density at radius 2 is 2.20 bits per heavy atom. The number of rotatable bonds is 0. The van der Waals surface area contributed by atoms with Crippen molar-refractivity contribution in [1.29, 1.82) is 5.26 Å². The molecule has 10 heavy (non-hydrogen) atoms. The first kappa shape index (κ1) is 6.18. The van der Waals surface area contributed by atoms with Gasteiger partial charge in [-0.1, -0.05) is 0 Å².